The molecule has 1 aliphatic rings. The first-order valence-corrected chi connectivity index (χ1v) is 7.95. The summed E-state index contributed by atoms with van der Waals surface area (Å²) in [7, 11) is 0. The Balaban J connectivity index is 0.000000956. The first-order valence-electron chi connectivity index (χ1n) is 7.95. The lowest BCUT2D eigenvalue weighted by Crippen LogP contribution is -2.27. The van der Waals surface area contributed by atoms with E-state index in [0.717, 1.165) is 5.92 Å². The molecular formula is C19H29N. The first kappa shape index (κ1) is 16.6. The maximum Gasteiger partial charge on any atom is 0.0463 e. The highest BCUT2D eigenvalue weighted by atomic mass is 14.7. The van der Waals surface area contributed by atoms with Crippen molar-refractivity contribution in [1.82, 2.24) is 4.98 Å². The van der Waals surface area contributed by atoms with Crippen LogP contribution in [0, 0.1) is 11.8 Å². The van der Waals surface area contributed by atoms with E-state index >= 15 is 0 Å². The van der Waals surface area contributed by atoms with Crippen molar-refractivity contribution in [3.05, 3.63) is 40.2 Å². The molecule has 0 aromatic carbocycles. The smallest absolute Gasteiger partial charge is 0.0463 e. The maximum atomic E-state index is 3.38. The van der Waals surface area contributed by atoms with E-state index in [1.54, 1.807) is 0 Å². The lowest BCUT2D eigenvalue weighted by molar-refractivity contribution is 0.329. The second kappa shape index (κ2) is 7.97. The van der Waals surface area contributed by atoms with Gasteiger partial charge in [0.2, 0.25) is 0 Å². The zero-order chi connectivity index (χ0) is 15.1. The van der Waals surface area contributed by atoms with Gasteiger partial charge in [-0.2, -0.15) is 0 Å². The molecule has 0 amide bonds. The van der Waals surface area contributed by atoms with Gasteiger partial charge in [0, 0.05) is 16.8 Å². The largest absolute Gasteiger partial charge is 0.361 e. The van der Waals surface area contributed by atoms with E-state index in [-0.39, 0.29) is 0 Å². The van der Waals surface area contributed by atoms with Gasteiger partial charge in [0.25, 0.3) is 0 Å². The van der Waals surface area contributed by atoms with Gasteiger partial charge in [0.05, 0.1) is 0 Å². The predicted octanol–water partition coefficient (Wildman–Crippen LogP) is 4.11. The highest BCUT2D eigenvalue weighted by molar-refractivity contribution is 5.48. The van der Waals surface area contributed by atoms with Crippen molar-refractivity contribution in [2.24, 2.45) is 11.8 Å². The quantitative estimate of drug-likeness (QED) is 0.793. The molecule has 3 unspecified atom stereocenters. The zero-order valence-electron chi connectivity index (χ0n) is 13.8. The lowest BCUT2D eigenvalue weighted by Gasteiger charge is -2.25. The molecular weight excluding hydrogens is 242 g/mol. The Morgan fingerprint density at radius 3 is 2.40 bits per heavy atom. The maximum absolute atomic E-state index is 3.38. The molecule has 0 spiro atoms. The van der Waals surface area contributed by atoms with Crippen LogP contribution < -0.4 is 10.6 Å². The number of aromatic nitrogens is 1. The van der Waals surface area contributed by atoms with Crippen LogP contribution in [0.15, 0.2) is 24.1 Å². The van der Waals surface area contributed by atoms with Crippen LogP contribution in [0.3, 0.4) is 0 Å². The number of nitrogens with one attached hydrogen (secondary N) is 1. The Labute approximate surface area is 123 Å². The zero-order valence-corrected chi connectivity index (χ0v) is 13.8. The molecule has 1 nitrogen and oxygen atoms in total. The summed E-state index contributed by atoms with van der Waals surface area (Å²) in [4.78, 5) is 3.38. The van der Waals surface area contributed by atoms with Crippen LogP contribution in [0.4, 0.5) is 0 Å². The van der Waals surface area contributed by atoms with Gasteiger partial charge >= 0.3 is 0 Å². The Morgan fingerprint density at radius 1 is 1.10 bits per heavy atom. The molecule has 1 aromatic rings. The van der Waals surface area contributed by atoms with Crippen LogP contribution in [0.2, 0.25) is 0 Å². The fourth-order valence-corrected chi connectivity index (χ4v) is 2.63. The molecule has 1 heteroatoms. The minimum atomic E-state index is 0.580. The van der Waals surface area contributed by atoms with Gasteiger partial charge in [-0.25, -0.2) is 0 Å². The summed E-state index contributed by atoms with van der Waals surface area (Å²) in [5, 5.41) is 2.54. The van der Waals surface area contributed by atoms with E-state index in [0.29, 0.717) is 11.8 Å². The SMILES string of the molecule is CC.CCC(C)C(C)C(C)c1c[nH]c2c1=CC=C=CC=2. The lowest BCUT2D eigenvalue weighted by atomic mass is 9.80. The number of hydrogen-bond donors (Lipinski definition) is 1. The second-order valence-corrected chi connectivity index (χ2v) is 5.44. The van der Waals surface area contributed by atoms with Crippen LogP contribution >= 0.6 is 0 Å². The molecule has 0 radical (unpaired) electrons. The molecule has 1 heterocycles. The third-order valence-corrected chi connectivity index (χ3v) is 4.50. The predicted molar refractivity (Wildman–Crippen MR) is 90.0 cm³/mol. The van der Waals surface area contributed by atoms with E-state index in [4.69, 9.17) is 0 Å². The van der Waals surface area contributed by atoms with E-state index in [9.17, 15) is 0 Å². The molecule has 3 atom stereocenters. The van der Waals surface area contributed by atoms with Crippen molar-refractivity contribution >= 4 is 12.2 Å². The third-order valence-electron chi connectivity index (χ3n) is 4.50. The highest BCUT2D eigenvalue weighted by Crippen LogP contribution is 2.29. The molecule has 1 aliphatic carbocycles. The van der Waals surface area contributed by atoms with Crippen molar-refractivity contribution in [2.45, 2.75) is 53.9 Å². The number of rotatable bonds is 4. The molecule has 0 bridgehead atoms. The standard InChI is InChI=1S/C17H23N.C2H6/c1-5-12(2)13(3)14(4)16-11-18-17-10-8-6-7-9-15(16)17;1-2/h7-14,18H,5H2,1-4H3;1-2H3. The molecule has 0 saturated carbocycles. The van der Waals surface area contributed by atoms with Gasteiger partial charge in [-0.3, -0.25) is 0 Å². The molecule has 1 aromatic heterocycles. The van der Waals surface area contributed by atoms with Crippen molar-refractivity contribution in [1.29, 1.82) is 0 Å². The van der Waals surface area contributed by atoms with Gasteiger partial charge in [-0.15, -0.1) is 5.73 Å². The van der Waals surface area contributed by atoms with Gasteiger partial charge in [0.1, 0.15) is 0 Å². The van der Waals surface area contributed by atoms with Crippen molar-refractivity contribution in [3.63, 3.8) is 0 Å². The number of H-pyrrole nitrogens is 1. The van der Waals surface area contributed by atoms with Crippen molar-refractivity contribution < 1.29 is 0 Å². The van der Waals surface area contributed by atoms with Gasteiger partial charge < -0.3 is 4.98 Å². The average Bonchev–Trinajstić information content (AvgIpc) is 2.75. The monoisotopic (exact) mass is 271 g/mol. The van der Waals surface area contributed by atoms with Crippen LogP contribution in [-0.4, -0.2) is 4.98 Å². The summed E-state index contributed by atoms with van der Waals surface area (Å²) in [5.41, 5.74) is 4.56. The third kappa shape index (κ3) is 3.55. The molecule has 2 rings (SSSR count). The molecule has 1 N–H and O–H groups in total. The first-order chi connectivity index (χ1) is 9.65. The van der Waals surface area contributed by atoms with Crippen LogP contribution in [0.5, 0.6) is 0 Å². The fraction of sp³-hybridized carbons (Fsp3) is 0.526. The Bertz CT molecular complexity index is 582. The van der Waals surface area contributed by atoms with E-state index < -0.39 is 0 Å². The van der Waals surface area contributed by atoms with E-state index in [1.807, 2.05) is 26.0 Å². The summed E-state index contributed by atoms with van der Waals surface area (Å²) < 4.78 is 0. The topological polar surface area (TPSA) is 15.8 Å². The second-order valence-electron chi connectivity index (χ2n) is 5.44. The Hall–Kier alpha value is -1.46. The summed E-state index contributed by atoms with van der Waals surface area (Å²) in [5.74, 6) is 2.04. The molecule has 20 heavy (non-hydrogen) atoms. The van der Waals surface area contributed by atoms with Gasteiger partial charge in [-0.05, 0) is 47.6 Å². The molecule has 0 aliphatic heterocycles. The average molecular weight is 271 g/mol. The summed E-state index contributed by atoms with van der Waals surface area (Å²) in [6, 6.07) is 0. The molecule has 0 saturated heterocycles. The van der Waals surface area contributed by atoms with Gasteiger partial charge in [-0.1, -0.05) is 48.0 Å². The van der Waals surface area contributed by atoms with Crippen LogP contribution in [-0.2, 0) is 0 Å². The number of aromatic amines is 1. The fourth-order valence-electron chi connectivity index (χ4n) is 2.63. The number of allylic oxidation sites excluding steroid dienone is 1. The summed E-state index contributed by atoms with van der Waals surface area (Å²) in [6.07, 6.45) is 11.6. The van der Waals surface area contributed by atoms with Crippen LogP contribution in [0.25, 0.3) is 12.2 Å². The summed E-state index contributed by atoms with van der Waals surface area (Å²) >= 11 is 0. The number of hydrogen-bond acceptors (Lipinski definition) is 0. The highest BCUT2D eigenvalue weighted by Gasteiger charge is 2.20. The molecule has 0 fully saturated rings. The minimum Gasteiger partial charge on any atom is -0.361 e. The summed E-state index contributed by atoms with van der Waals surface area (Å²) in [6.45, 7) is 13.3. The van der Waals surface area contributed by atoms with E-state index in [1.165, 1.54) is 22.6 Å². The van der Waals surface area contributed by atoms with E-state index in [2.05, 4.69) is 56.8 Å². The van der Waals surface area contributed by atoms with Crippen LogP contribution in [0.1, 0.15) is 59.4 Å². The Kier molecular flexibility index (Phi) is 6.61. The van der Waals surface area contributed by atoms with Crippen molar-refractivity contribution in [2.75, 3.05) is 0 Å². The molecule has 110 valence electrons. The minimum absolute atomic E-state index is 0.580. The normalized spacial score (nSPS) is 16.7. The Morgan fingerprint density at radius 2 is 1.75 bits per heavy atom. The van der Waals surface area contributed by atoms with Crippen molar-refractivity contribution in [3.8, 4) is 0 Å². The van der Waals surface area contributed by atoms with Gasteiger partial charge in [0.15, 0.2) is 0 Å². The number of fused-ring (bicyclic) bond motifs is 1.